The Hall–Kier alpha value is -3.02. The fourth-order valence-electron chi connectivity index (χ4n) is 3.43. The minimum Gasteiger partial charge on any atom is -0.497 e. The van der Waals surface area contributed by atoms with Crippen LogP contribution in [0.5, 0.6) is 5.75 Å². The van der Waals surface area contributed by atoms with Gasteiger partial charge in [-0.1, -0.05) is 0 Å². The average molecular weight is 335 g/mol. The normalized spacial score (nSPS) is 13.2. The minimum absolute atomic E-state index is 0.518. The van der Waals surface area contributed by atoms with Gasteiger partial charge in [0.05, 0.1) is 12.8 Å². The van der Waals surface area contributed by atoms with Gasteiger partial charge >= 0.3 is 0 Å². The number of benzene rings is 1. The highest BCUT2D eigenvalue weighted by atomic mass is 16.5. The molecule has 0 aliphatic carbocycles. The third kappa shape index (κ3) is 2.59. The zero-order chi connectivity index (χ0) is 17.6. The van der Waals surface area contributed by atoms with E-state index in [1.807, 2.05) is 29.9 Å². The highest BCUT2D eigenvalue weighted by molar-refractivity contribution is 5.73. The number of aryl methyl sites for hydroxylation is 2. The molecule has 0 bridgehead atoms. The van der Waals surface area contributed by atoms with Crippen molar-refractivity contribution in [3.63, 3.8) is 0 Å². The Morgan fingerprint density at radius 1 is 1.12 bits per heavy atom. The van der Waals surface area contributed by atoms with Crippen molar-refractivity contribution in [2.75, 3.05) is 24.3 Å². The predicted octanol–water partition coefficient (Wildman–Crippen LogP) is 3.17. The molecule has 1 aromatic carbocycles. The Labute approximate surface area is 146 Å². The number of fused-ring (bicyclic) bond motifs is 1. The van der Waals surface area contributed by atoms with Crippen molar-refractivity contribution < 1.29 is 4.74 Å². The van der Waals surface area contributed by atoms with Crippen LogP contribution in [0.4, 0.5) is 17.3 Å². The van der Waals surface area contributed by atoms with E-state index < -0.39 is 0 Å². The Balaban J connectivity index is 1.82. The van der Waals surface area contributed by atoms with Gasteiger partial charge in [-0.3, -0.25) is 0 Å². The van der Waals surface area contributed by atoms with Gasteiger partial charge in [-0.25, -0.2) is 9.67 Å². The second kappa shape index (κ2) is 5.81. The number of pyridine rings is 1. The molecule has 1 aliphatic rings. The lowest BCUT2D eigenvalue weighted by Crippen LogP contribution is -2.16. The Bertz CT molecular complexity index is 947. The van der Waals surface area contributed by atoms with Gasteiger partial charge in [0, 0.05) is 35.8 Å². The molecule has 0 spiro atoms. The smallest absolute Gasteiger partial charge is 0.145 e. The van der Waals surface area contributed by atoms with E-state index in [1.165, 1.54) is 11.1 Å². The lowest BCUT2D eigenvalue weighted by molar-refractivity contribution is 0.414. The molecule has 2 aromatic heterocycles. The number of ether oxygens (including phenoxy) is 1. The highest BCUT2D eigenvalue weighted by Gasteiger charge is 2.27. The van der Waals surface area contributed by atoms with Gasteiger partial charge in [0.25, 0.3) is 0 Å². The molecule has 0 fully saturated rings. The van der Waals surface area contributed by atoms with E-state index >= 15 is 0 Å². The lowest BCUT2D eigenvalue weighted by atomic mass is 10.1. The average Bonchev–Trinajstić information content (AvgIpc) is 3.20. The van der Waals surface area contributed by atoms with Crippen LogP contribution in [0.2, 0.25) is 0 Å². The van der Waals surface area contributed by atoms with Crippen molar-refractivity contribution >= 4 is 17.3 Å². The van der Waals surface area contributed by atoms with E-state index in [1.54, 1.807) is 7.11 Å². The monoisotopic (exact) mass is 335 g/mol. The first kappa shape index (κ1) is 15.5. The molecule has 2 N–H and O–H groups in total. The third-order valence-corrected chi connectivity index (χ3v) is 4.60. The van der Waals surface area contributed by atoms with Gasteiger partial charge in [0.1, 0.15) is 17.4 Å². The number of nitrogens with zero attached hydrogens (tertiary/aromatic N) is 4. The van der Waals surface area contributed by atoms with Crippen LogP contribution < -0.4 is 15.4 Å². The van der Waals surface area contributed by atoms with Gasteiger partial charge in [0.2, 0.25) is 0 Å². The Kier molecular flexibility index (Phi) is 3.60. The Morgan fingerprint density at radius 3 is 2.64 bits per heavy atom. The van der Waals surface area contributed by atoms with Gasteiger partial charge in [-0.05, 0) is 50.1 Å². The molecule has 25 heavy (non-hydrogen) atoms. The fourth-order valence-corrected chi connectivity index (χ4v) is 3.43. The lowest BCUT2D eigenvalue weighted by Gasteiger charge is -2.22. The van der Waals surface area contributed by atoms with Crippen LogP contribution in [0.25, 0.3) is 5.69 Å². The van der Waals surface area contributed by atoms with E-state index in [-0.39, 0.29) is 0 Å². The third-order valence-electron chi connectivity index (χ3n) is 4.60. The van der Waals surface area contributed by atoms with Crippen LogP contribution in [0.1, 0.15) is 16.8 Å². The number of nitrogen functional groups attached to an aromatic ring is 1. The Morgan fingerprint density at radius 2 is 1.96 bits per heavy atom. The van der Waals surface area contributed by atoms with Crippen LogP contribution >= 0.6 is 0 Å². The summed E-state index contributed by atoms with van der Waals surface area (Å²) in [7, 11) is 1.69. The molecule has 6 heteroatoms. The summed E-state index contributed by atoms with van der Waals surface area (Å²) in [4.78, 5) is 7.08. The summed E-state index contributed by atoms with van der Waals surface area (Å²) in [5.41, 5.74) is 11.3. The molecule has 1 aliphatic heterocycles. The summed E-state index contributed by atoms with van der Waals surface area (Å²) < 4.78 is 7.16. The second-order valence-corrected chi connectivity index (χ2v) is 6.32. The molecule has 0 unspecified atom stereocenters. The molecule has 6 nitrogen and oxygen atoms in total. The first-order valence-corrected chi connectivity index (χ1v) is 8.31. The van der Waals surface area contributed by atoms with E-state index in [4.69, 9.17) is 15.5 Å². The first-order chi connectivity index (χ1) is 12.1. The molecule has 4 rings (SSSR count). The number of anilines is 3. The number of methoxy groups -OCH3 is 1. The van der Waals surface area contributed by atoms with Crippen molar-refractivity contribution in [2.45, 2.75) is 20.3 Å². The van der Waals surface area contributed by atoms with Crippen molar-refractivity contribution in [2.24, 2.45) is 0 Å². The molecule has 128 valence electrons. The second-order valence-electron chi connectivity index (χ2n) is 6.32. The highest BCUT2D eigenvalue weighted by Crippen LogP contribution is 2.38. The number of hydrogen-bond acceptors (Lipinski definition) is 5. The molecule has 0 atom stereocenters. The summed E-state index contributed by atoms with van der Waals surface area (Å²) in [6.07, 6.45) is 2.81. The van der Waals surface area contributed by atoms with Crippen molar-refractivity contribution in [3.05, 3.63) is 53.3 Å². The summed E-state index contributed by atoms with van der Waals surface area (Å²) in [6.45, 7) is 5.00. The molecule has 0 saturated heterocycles. The summed E-state index contributed by atoms with van der Waals surface area (Å²) in [6, 6.07) is 10.0. The molecule has 0 radical (unpaired) electrons. The van der Waals surface area contributed by atoms with E-state index in [0.717, 1.165) is 41.6 Å². The maximum atomic E-state index is 5.79. The van der Waals surface area contributed by atoms with E-state index in [0.29, 0.717) is 5.82 Å². The number of hydrogen-bond donors (Lipinski definition) is 1. The van der Waals surface area contributed by atoms with Gasteiger partial charge in [0.15, 0.2) is 0 Å². The largest absolute Gasteiger partial charge is 0.497 e. The maximum absolute atomic E-state index is 5.79. The number of rotatable bonds is 3. The standard InChI is InChI=1S/C19H21N5O/c1-12-10-14(25-3)4-5-16(12)23-8-6-15-17(11-13(2)21-19(15)23)24-9-7-18(20)22-24/h4-5,7,9-11H,6,8H2,1-3H3,(H2,20,22). The first-order valence-electron chi connectivity index (χ1n) is 8.31. The topological polar surface area (TPSA) is 69.2 Å². The summed E-state index contributed by atoms with van der Waals surface area (Å²) in [5, 5.41) is 4.37. The van der Waals surface area contributed by atoms with Crippen LogP contribution in [-0.2, 0) is 6.42 Å². The predicted molar refractivity (Wildman–Crippen MR) is 98.9 cm³/mol. The van der Waals surface area contributed by atoms with Gasteiger partial charge in [-0.15, -0.1) is 0 Å². The van der Waals surface area contributed by atoms with Crippen LogP contribution in [-0.4, -0.2) is 28.4 Å². The minimum atomic E-state index is 0.518. The fraction of sp³-hybridized carbons (Fsp3) is 0.263. The van der Waals surface area contributed by atoms with Gasteiger partial charge < -0.3 is 15.4 Å². The van der Waals surface area contributed by atoms with E-state index in [9.17, 15) is 0 Å². The maximum Gasteiger partial charge on any atom is 0.145 e. The van der Waals surface area contributed by atoms with Gasteiger partial charge in [-0.2, -0.15) is 5.10 Å². The molecule has 0 amide bonds. The van der Waals surface area contributed by atoms with Crippen molar-refractivity contribution in [3.8, 4) is 11.4 Å². The zero-order valence-electron chi connectivity index (χ0n) is 14.7. The van der Waals surface area contributed by atoms with Crippen molar-refractivity contribution in [1.82, 2.24) is 14.8 Å². The van der Waals surface area contributed by atoms with Crippen molar-refractivity contribution in [1.29, 1.82) is 0 Å². The summed E-state index contributed by atoms with van der Waals surface area (Å²) in [5.74, 6) is 2.38. The van der Waals surface area contributed by atoms with Crippen LogP contribution in [0.3, 0.4) is 0 Å². The molecular formula is C19H21N5O. The zero-order valence-corrected chi connectivity index (χ0v) is 14.7. The molecule has 3 aromatic rings. The quantitative estimate of drug-likeness (QED) is 0.796. The number of nitrogens with two attached hydrogens (primary N) is 1. The molecule has 3 heterocycles. The molecule has 0 saturated carbocycles. The van der Waals surface area contributed by atoms with Crippen LogP contribution in [0.15, 0.2) is 36.5 Å². The van der Waals surface area contributed by atoms with Crippen LogP contribution in [0, 0.1) is 13.8 Å². The van der Waals surface area contributed by atoms with E-state index in [2.05, 4.69) is 35.1 Å². The molecular weight excluding hydrogens is 314 g/mol. The summed E-state index contributed by atoms with van der Waals surface area (Å²) >= 11 is 0. The number of aromatic nitrogens is 3. The SMILES string of the molecule is COc1ccc(N2CCc3c(-n4ccc(N)n4)cc(C)nc32)c(C)c1.